The van der Waals surface area contributed by atoms with Crippen molar-refractivity contribution in [2.45, 2.75) is 31.7 Å². The average molecular weight is 418 g/mol. The standard InChI is InChI=1S/C22H27NO5S/c1-3-15-5-8-17(9-6-15)27-11-12-28-19-10-7-16(13-20(19)26-4-2)21-23-18(14-29-21)22(24)25/h5-10,13,18,21,23H,3-4,11-12,14H2,1-2H3,(H,24,25). The summed E-state index contributed by atoms with van der Waals surface area (Å²) in [4.78, 5) is 11.2. The summed E-state index contributed by atoms with van der Waals surface area (Å²) in [5.74, 6) is 1.84. The van der Waals surface area contributed by atoms with Crippen LogP contribution in [-0.4, -0.2) is 42.7 Å². The number of thioether (sulfide) groups is 1. The number of hydrogen-bond acceptors (Lipinski definition) is 6. The Morgan fingerprint density at radius 1 is 1.07 bits per heavy atom. The van der Waals surface area contributed by atoms with E-state index in [-0.39, 0.29) is 5.37 Å². The summed E-state index contributed by atoms with van der Waals surface area (Å²) in [7, 11) is 0. The van der Waals surface area contributed by atoms with Gasteiger partial charge in [-0.05, 0) is 48.7 Å². The van der Waals surface area contributed by atoms with Gasteiger partial charge in [0.05, 0.1) is 12.0 Å². The molecule has 0 bridgehead atoms. The van der Waals surface area contributed by atoms with Crippen LogP contribution in [0.2, 0.25) is 0 Å². The second-order valence-corrected chi connectivity index (χ2v) is 7.74. The first-order valence-corrected chi connectivity index (χ1v) is 10.9. The Balaban J connectivity index is 1.56. The van der Waals surface area contributed by atoms with E-state index in [9.17, 15) is 4.79 Å². The van der Waals surface area contributed by atoms with Gasteiger partial charge in [-0.1, -0.05) is 25.1 Å². The molecule has 6 nitrogen and oxygen atoms in total. The van der Waals surface area contributed by atoms with Crippen molar-refractivity contribution in [1.82, 2.24) is 5.32 Å². The molecule has 2 unspecified atom stereocenters. The molecule has 0 amide bonds. The molecule has 0 saturated carbocycles. The van der Waals surface area contributed by atoms with Crippen molar-refractivity contribution in [3.8, 4) is 17.2 Å². The van der Waals surface area contributed by atoms with E-state index in [4.69, 9.17) is 19.3 Å². The van der Waals surface area contributed by atoms with Crippen molar-refractivity contribution < 1.29 is 24.1 Å². The Morgan fingerprint density at radius 3 is 2.48 bits per heavy atom. The van der Waals surface area contributed by atoms with Crippen LogP contribution in [0.25, 0.3) is 0 Å². The molecule has 1 aliphatic heterocycles. The number of ether oxygens (including phenoxy) is 3. The lowest BCUT2D eigenvalue weighted by atomic mass is 10.2. The summed E-state index contributed by atoms with van der Waals surface area (Å²) in [6, 6.07) is 13.3. The lowest BCUT2D eigenvalue weighted by molar-refractivity contribution is -0.138. The molecule has 2 aromatic rings. The molecule has 156 valence electrons. The van der Waals surface area contributed by atoms with Gasteiger partial charge in [-0.15, -0.1) is 11.8 Å². The van der Waals surface area contributed by atoms with E-state index in [0.29, 0.717) is 37.1 Å². The number of rotatable bonds is 10. The summed E-state index contributed by atoms with van der Waals surface area (Å²) < 4.78 is 17.3. The van der Waals surface area contributed by atoms with Crippen molar-refractivity contribution in [3.05, 3.63) is 53.6 Å². The predicted molar refractivity (Wildman–Crippen MR) is 114 cm³/mol. The molecule has 0 radical (unpaired) electrons. The maximum absolute atomic E-state index is 11.2. The molecular weight excluding hydrogens is 390 g/mol. The Hall–Kier alpha value is -2.38. The van der Waals surface area contributed by atoms with Crippen molar-refractivity contribution in [2.24, 2.45) is 0 Å². The van der Waals surface area contributed by atoms with Crippen LogP contribution in [0.15, 0.2) is 42.5 Å². The Kier molecular flexibility index (Phi) is 7.66. The Bertz CT molecular complexity index is 811. The quantitative estimate of drug-likeness (QED) is 0.568. The molecule has 29 heavy (non-hydrogen) atoms. The molecule has 2 aromatic carbocycles. The number of hydrogen-bond donors (Lipinski definition) is 2. The van der Waals surface area contributed by atoms with Crippen molar-refractivity contribution in [2.75, 3.05) is 25.6 Å². The molecule has 2 atom stereocenters. The van der Waals surface area contributed by atoms with Crippen LogP contribution < -0.4 is 19.5 Å². The first-order chi connectivity index (χ1) is 14.1. The number of aryl methyl sites for hydroxylation is 1. The zero-order chi connectivity index (χ0) is 20.6. The summed E-state index contributed by atoms with van der Waals surface area (Å²) in [5, 5.41) is 12.2. The number of carboxylic acid groups (broad SMARTS) is 1. The molecule has 1 saturated heterocycles. The third-order valence-electron chi connectivity index (χ3n) is 4.59. The van der Waals surface area contributed by atoms with Gasteiger partial charge in [-0.2, -0.15) is 0 Å². The zero-order valence-electron chi connectivity index (χ0n) is 16.7. The lowest BCUT2D eigenvalue weighted by Gasteiger charge is -2.16. The number of carbonyl (C=O) groups is 1. The van der Waals surface area contributed by atoms with E-state index in [0.717, 1.165) is 17.7 Å². The normalized spacial score (nSPS) is 18.4. The van der Waals surface area contributed by atoms with Gasteiger partial charge in [0, 0.05) is 5.75 Å². The largest absolute Gasteiger partial charge is 0.490 e. The van der Waals surface area contributed by atoms with Gasteiger partial charge in [-0.25, -0.2) is 0 Å². The molecule has 0 aromatic heterocycles. The summed E-state index contributed by atoms with van der Waals surface area (Å²) in [5.41, 5.74) is 2.25. The highest BCUT2D eigenvalue weighted by Crippen LogP contribution is 2.37. The molecule has 0 spiro atoms. The van der Waals surface area contributed by atoms with Gasteiger partial charge >= 0.3 is 5.97 Å². The highest BCUT2D eigenvalue weighted by Gasteiger charge is 2.30. The number of carboxylic acids is 1. The minimum Gasteiger partial charge on any atom is -0.490 e. The van der Waals surface area contributed by atoms with Crippen LogP contribution in [0, 0.1) is 0 Å². The first kappa shape index (κ1) is 21.3. The fourth-order valence-corrected chi connectivity index (χ4v) is 4.24. The number of aliphatic carboxylic acids is 1. The molecule has 3 rings (SSSR count). The maximum atomic E-state index is 11.2. The second-order valence-electron chi connectivity index (χ2n) is 6.60. The Morgan fingerprint density at radius 2 is 1.83 bits per heavy atom. The van der Waals surface area contributed by atoms with Gasteiger partial charge in [0.1, 0.15) is 25.0 Å². The van der Waals surface area contributed by atoms with E-state index >= 15 is 0 Å². The van der Waals surface area contributed by atoms with E-state index in [2.05, 4.69) is 24.4 Å². The smallest absolute Gasteiger partial charge is 0.321 e. The van der Waals surface area contributed by atoms with Crippen molar-refractivity contribution in [1.29, 1.82) is 0 Å². The molecule has 7 heteroatoms. The Labute approximate surface area is 175 Å². The fourth-order valence-electron chi connectivity index (χ4n) is 3.01. The fraction of sp³-hybridized carbons (Fsp3) is 0.409. The molecule has 1 heterocycles. The number of benzene rings is 2. The van der Waals surface area contributed by atoms with Crippen LogP contribution in [0.5, 0.6) is 17.2 Å². The lowest BCUT2D eigenvalue weighted by Crippen LogP contribution is -2.33. The summed E-state index contributed by atoms with van der Waals surface area (Å²) in [6.07, 6.45) is 1.01. The van der Waals surface area contributed by atoms with E-state index in [1.54, 1.807) is 11.8 Å². The summed E-state index contributed by atoms with van der Waals surface area (Å²) >= 11 is 1.58. The number of nitrogens with one attached hydrogen (secondary N) is 1. The zero-order valence-corrected chi connectivity index (χ0v) is 17.5. The van der Waals surface area contributed by atoms with Crippen LogP contribution in [-0.2, 0) is 11.2 Å². The second kappa shape index (κ2) is 10.4. The molecule has 0 aliphatic carbocycles. The third kappa shape index (κ3) is 5.81. The van der Waals surface area contributed by atoms with Crippen molar-refractivity contribution in [3.63, 3.8) is 0 Å². The molecule has 1 fully saturated rings. The van der Waals surface area contributed by atoms with Gasteiger partial charge in [0.15, 0.2) is 11.5 Å². The van der Waals surface area contributed by atoms with Crippen LogP contribution in [0.4, 0.5) is 0 Å². The topological polar surface area (TPSA) is 77.0 Å². The third-order valence-corrected chi connectivity index (χ3v) is 5.86. The molecule has 1 aliphatic rings. The predicted octanol–water partition coefficient (Wildman–Crippen LogP) is 3.89. The minimum absolute atomic E-state index is 0.0706. The molecular formula is C22H27NO5S. The monoisotopic (exact) mass is 417 g/mol. The highest BCUT2D eigenvalue weighted by atomic mass is 32.2. The first-order valence-electron chi connectivity index (χ1n) is 9.82. The maximum Gasteiger partial charge on any atom is 0.321 e. The van der Waals surface area contributed by atoms with Crippen LogP contribution in [0.3, 0.4) is 0 Å². The SMILES string of the molecule is CCOc1cc(C2NC(C(=O)O)CS2)ccc1OCCOc1ccc(CC)cc1. The van der Waals surface area contributed by atoms with Gasteiger partial charge in [0.2, 0.25) is 0 Å². The van der Waals surface area contributed by atoms with Crippen LogP contribution in [0.1, 0.15) is 30.3 Å². The van der Waals surface area contributed by atoms with Gasteiger partial charge in [0.25, 0.3) is 0 Å². The van der Waals surface area contributed by atoms with E-state index in [1.165, 1.54) is 5.56 Å². The average Bonchev–Trinajstić information content (AvgIpc) is 3.23. The highest BCUT2D eigenvalue weighted by molar-refractivity contribution is 7.99. The summed E-state index contributed by atoms with van der Waals surface area (Å²) in [6.45, 7) is 5.38. The van der Waals surface area contributed by atoms with E-state index < -0.39 is 12.0 Å². The van der Waals surface area contributed by atoms with E-state index in [1.807, 2.05) is 37.3 Å². The molecule has 2 N–H and O–H groups in total. The minimum atomic E-state index is -0.825. The van der Waals surface area contributed by atoms with Gasteiger partial charge in [-0.3, -0.25) is 10.1 Å². The van der Waals surface area contributed by atoms with Crippen LogP contribution >= 0.6 is 11.8 Å². The van der Waals surface area contributed by atoms with Gasteiger partial charge < -0.3 is 19.3 Å². The van der Waals surface area contributed by atoms with Crippen molar-refractivity contribution >= 4 is 17.7 Å².